The van der Waals surface area contributed by atoms with Crippen molar-refractivity contribution in [2.75, 3.05) is 6.54 Å². The van der Waals surface area contributed by atoms with Gasteiger partial charge in [-0.3, -0.25) is 0 Å². The van der Waals surface area contributed by atoms with E-state index >= 15 is 0 Å². The summed E-state index contributed by atoms with van der Waals surface area (Å²) in [6, 6.07) is 0.699. The quantitative estimate of drug-likeness (QED) is 0.642. The van der Waals surface area contributed by atoms with Gasteiger partial charge in [0.2, 0.25) is 0 Å². The summed E-state index contributed by atoms with van der Waals surface area (Å²) in [6.07, 6.45) is 4.12. The van der Waals surface area contributed by atoms with Crippen molar-refractivity contribution in [1.29, 1.82) is 0 Å². The monoisotopic (exact) mass is 211 g/mol. The first-order valence-electron chi connectivity index (χ1n) is 6.44. The second-order valence-electron chi connectivity index (χ2n) is 7.32. The topological polar surface area (TPSA) is 12.0 Å². The van der Waals surface area contributed by atoms with Crippen LogP contribution < -0.4 is 5.32 Å². The van der Waals surface area contributed by atoms with Crippen molar-refractivity contribution in [2.45, 2.75) is 66.8 Å². The van der Waals surface area contributed by atoms with Crippen LogP contribution in [0.5, 0.6) is 0 Å². The minimum atomic E-state index is 0.409. The molecule has 0 bridgehead atoms. The molecule has 1 heteroatoms. The number of hydrogen-bond donors (Lipinski definition) is 1. The zero-order chi connectivity index (χ0) is 11.7. The first-order chi connectivity index (χ1) is 6.71. The smallest absolute Gasteiger partial charge is 0.0116 e. The van der Waals surface area contributed by atoms with Crippen LogP contribution in [0.25, 0.3) is 0 Å². The maximum Gasteiger partial charge on any atom is 0.0116 e. The van der Waals surface area contributed by atoms with Crippen molar-refractivity contribution in [1.82, 2.24) is 5.32 Å². The lowest BCUT2D eigenvalue weighted by Crippen LogP contribution is -2.42. The molecule has 0 aliphatic carbocycles. The standard InChI is InChI=1S/C14H29N/c1-13(2,3)11-8-7-9-12(15-10-11)14(4,5)6/h11-12,15H,7-10H2,1-6H3. The van der Waals surface area contributed by atoms with E-state index in [1.165, 1.54) is 25.8 Å². The van der Waals surface area contributed by atoms with Crippen LogP contribution >= 0.6 is 0 Å². The van der Waals surface area contributed by atoms with Crippen LogP contribution in [-0.2, 0) is 0 Å². The molecule has 0 spiro atoms. The van der Waals surface area contributed by atoms with Gasteiger partial charge in [-0.1, -0.05) is 48.0 Å². The Morgan fingerprint density at radius 1 is 0.867 bits per heavy atom. The minimum absolute atomic E-state index is 0.409. The van der Waals surface area contributed by atoms with Gasteiger partial charge in [0.1, 0.15) is 0 Å². The van der Waals surface area contributed by atoms with E-state index in [2.05, 4.69) is 46.9 Å². The Balaban J connectivity index is 2.57. The lowest BCUT2D eigenvalue weighted by Gasteiger charge is -2.33. The van der Waals surface area contributed by atoms with Gasteiger partial charge in [-0.15, -0.1) is 0 Å². The van der Waals surface area contributed by atoms with Crippen molar-refractivity contribution in [3.63, 3.8) is 0 Å². The fraction of sp³-hybridized carbons (Fsp3) is 1.00. The highest BCUT2D eigenvalue weighted by Crippen LogP contribution is 2.34. The van der Waals surface area contributed by atoms with E-state index in [-0.39, 0.29) is 0 Å². The molecule has 0 saturated carbocycles. The van der Waals surface area contributed by atoms with Gasteiger partial charge in [-0.05, 0) is 36.1 Å². The fourth-order valence-electron chi connectivity index (χ4n) is 2.54. The highest BCUT2D eigenvalue weighted by molar-refractivity contribution is 4.87. The van der Waals surface area contributed by atoms with Crippen LogP contribution in [-0.4, -0.2) is 12.6 Å². The Morgan fingerprint density at radius 2 is 1.47 bits per heavy atom. The highest BCUT2D eigenvalue weighted by Gasteiger charge is 2.31. The van der Waals surface area contributed by atoms with E-state index in [1.54, 1.807) is 0 Å². The molecule has 0 aromatic carbocycles. The molecular formula is C14H29N. The predicted octanol–water partition coefficient (Wildman–Crippen LogP) is 3.84. The Kier molecular flexibility index (Phi) is 3.86. The zero-order valence-corrected chi connectivity index (χ0v) is 11.5. The van der Waals surface area contributed by atoms with Gasteiger partial charge in [-0.25, -0.2) is 0 Å². The number of hydrogen-bond acceptors (Lipinski definition) is 1. The van der Waals surface area contributed by atoms with Gasteiger partial charge < -0.3 is 5.32 Å². The highest BCUT2D eigenvalue weighted by atomic mass is 14.9. The minimum Gasteiger partial charge on any atom is -0.313 e. The van der Waals surface area contributed by atoms with Crippen LogP contribution in [0.15, 0.2) is 0 Å². The summed E-state index contributed by atoms with van der Waals surface area (Å²) in [4.78, 5) is 0. The molecule has 0 aromatic heterocycles. The summed E-state index contributed by atoms with van der Waals surface area (Å²) >= 11 is 0. The Morgan fingerprint density at radius 3 is 1.93 bits per heavy atom. The largest absolute Gasteiger partial charge is 0.313 e. The second kappa shape index (κ2) is 4.45. The maximum absolute atomic E-state index is 3.78. The van der Waals surface area contributed by atoms with Crippen molar-refractivity contribution >= 4 is 0 Å². The van der Waals surface area contributed by atoms with Gasteiger partial charge in [-0.2, -0.15) is 0 Å². The lowest BCUT2D eigenvalue weighted by atomic mass is 9.78. The summed E-state index contributed by atoms with van der Waals surface area (Å²) in [5.41, 5.74) is 0.868. The first-order valence-corrected chi connectivity index (χ1v) is 6.44. The summed E-state index contributed by atoms with van der Waals surface area (Å²) in [5.74, 6) is 0.838. The van der Waals surface area contributed by atoms with E-state index in [1.807, 2.05) is 0 Å². The van der Waals surface area contributed by atoms with E-state index in [4.69, 9.17) is 0 Å². The van der Waals surface area contributed by atoms with E-state index in [0.717, 1.165) is 5.92 Å². The maximum atomic E-state index is 3.78. The molecule has 1 fully saturated rings. The van der Waals surface area contributed by atoms with Gasteiger partial charge in [0.15, 0.2) is 0 Å². The van der Waals surface area contributed by atoms with Gasteiger partial charge in [0, 0.05) is 6.04 Å². The molecular weight excluding hydrogens is 182 g/mol. The Hall–Kier alpha value is -0.0400. The van der Waals surface area contributed by atoms with Crippen LogP contribution in [0.1, 0.15) is 60.8 Å². The third-order valence-corrected chi connectivity index (χ3v) is 3.93. The SMILES string of the molecule is CC(C)(C)C1CCCC(C(C)(C)C)NC1. The molecule has 1 saturated heterocycles. The van der Waals surface area contributed by atoms with Crippen LogP contribution in [0.4, 0.5) is 0 Å². The third kappa shape index (κ3) is 3.79. The molecule has 1 aliphatic heterocycles. The summed E-state index contributed by atoms with van der Waals surface area (Å²) in [6.45, 7) is 15.4. The summed E-state index contributed by atoms with van der Waals surface area (Å²) in [7, 11) is 0. The molecule has 0 amide bonds. The van der Waals surface area contributed by atoms with Crippen molar-refractivity contribution in [2.24, 2.45) is 16.7 Å². The molecule has 90 valence electrons. The van der Waals surface area contributed by atoms with Gasteiger partial charge in [0.05, 0.1) is 0 Å². The number of nitrogens with one attached hydrogen (secondary N) is 1. The predicted molar refractivity (Wildman–Crippen MR) is 68.0 cm³/mol. The average molecular weight is 211 g/mol. The molecule has 15 heavy (non-hydrogen) atoms. The van der Waals surface area contributed by atoms with Gasteiger partial charge >= 0.3 is 0 Å². The molecule has 1 N–H and O–H groups in total. The Labute approximate surface area is 96.0 Å². The summed E-state index contributed by atoms with van der Waals surface area (Å²) in [5, 5.41) is 3.78. The molecule has 1 rings (SSSR count). The average Bonchev–Trinajstić information content (AvgIpc) is 2.24. The van der Waals surface area contributed by atoms with Crippen LogP contribution in [0, 0.1) is 16.7 Å². The molecule has 2 unspecified atom stereocenters. The summed E-state index contributed by atoms with van der Waals surface area (Å²) < 4.78 is 0. The van der Waals surface area contributed by atoms with Gasteiger partial charge in [0.25, 0.3) is 0 Å². The normalized spacial score (nSPS) is 30.0. The van der Waals surface area contributed by atoms with Crippen molar-refractivity contribution < 1.29 is 0 Å². The molecule has 1 aliphatic rings. The number of rotatable bonds is 0. The molecule has 2 atom stereocenters. The van der Waals surface area contributed by atoms with E-state index in [9.17, 15) is 0 Å². The Bertz CT molecular complexity index is 172. The molecule has 1 heterocycles. The lowest BCUT2D eigenvalue weighted by molar-refractivity contribution is 0.213. The van der Waals surface area contributed by atoms with Crippen molar-refractivity contribution in [3.05, 3.63) is 0 Å². The van der Waals surface area contributed by atoms with Crippen LogP contribution in [0.3, 0.4) is 0 Å². The van der Waals surface area contributed by atoms with E-state index in [0.29, 0.717) is 16.9 Å². The first kappa shape index (κ1) is 13.0. The third-order valence-electron chi connectivity index (χ3n) is 3.93. The van der Waals surface area contributed by atoms with Crippen LogP contribution in [0.2, 0.25) is 0 Å². The molecule has 0 radical (unpaired) electrons. The van der Waals surface area contributed by atoms with E-state index < -0.39 is 0 Å². The fourth-order valence-corrected chi connectivity index (χ4v) is 2.54. The molecule has 0 aromatic rings. The molecule has 1 nitrogen and oxygen atoms in total. The van der Waals surface area contributed by atoms with Crippen molar-refractivity contribution in [3.8, 4) is 0 Å². The zero-order valence-electron chi connectivity index (χ0n) is 11.5. The second-order valence-corrected chi connectivity index (χ2v) is 7.32.